The van der Waals surface area contributed by atoms with Crippen LogP contribution in [0.3, 0.4) is 0 Å². The number of methoxy groups -OCH3 is 1. The molecule has 0 saturated heterocycles. The van der Waals surface area contributed by atoms with Crippen molar-refractivity contribution in [2.24, 2.45) is 0 Å². The highest BCUT2D eigenvalue weighted by Crippen LogP contribution is 2.42. The van der Waals surface area contributed by atoms with Crippen molar-refractivity contribution in [3.05, 3.63) is 30.3 Å². The molecule has 2 unspecified atom stereocenters. The Kier molecular flexibility index (Phi) is 4.03. The van der Waals surface area contributed by atoms with E-state index in [1.54, 1.807) is 0 Å². The van der Waals surface area contributed by atoms with Gasteiger partial charge in [-0.3, -0.25) is 10.1 Å². The van der Waals surface area contributed by atoms with Crippen LogP contribution in [0.15, 0.2) is 35.2 Å². The van der Waals surface area contributed by atoms with Gasteiger partial charge in [-0.1, -0.05) is 18.2 Å². The molecule has 0 bridgehead atoms. The molecule has 0 radical (unpaired) electrons. The van der Waals surface area contributed by atoms with Gasteiger partial charge in [0.1, 0.15) is 5.54 Å². The normalized spacial score (nSPS) is 29.4. The minimum Gasteiger partial charge on any atom is -0.468 e. The van der Waals surface area contributed by atoms with E-state index >= 15 is 0 Å². The van der Waals surface area contributed by atoms with Crippen LogP contribution in [0.2, 0.25) is 0 Å². The second-order valence-corrected chi connectivity index (χ2v) is 7.16. The Labute approximate surface area is 124 Å². The van der Waals surface area contributed by atoms with Crippen LogP contribution in [0, 0.1) is 0 Å². The van der Waals surface area contributed by atoms with Crippen molar-refractivity contribution in [3.8, 4) is 0 Å². The Bertz CT molecular complexity index is 475. The molecule has 2 atom stereocenters. The number of carbonyl (C=O) groups is 1. The summed E-state index contributed by atoms with van der Waals surface area (Å²) in [5, 5.41) is 4.03. The lowest BCUT2D eigenvalue weighted by Crippen LogP contribution is -2.52. The maximum absolute atomic E-state index is 12.2. The number of thioether (sulfide) groups is 1. The lowest BCUT2D eigenvalue weighted by Gasteiger charge is -2.27. The second kappa shape index (κ2) is 5.78. The minimum absolute atomic E-state index is 0.0828. The molecule has 0 aliphatic heterocycles. The molecule has 0 aromatic heterocycles. The first kappa shape index (κ1) is 14.0. The van der Waals surface area contributed by atoms with Gasteiger partial charge in [0.05, 0.1) is 7.11 Å². The summed E-state index contributed by atoms with van der Waals surface area (Å²) in [7, 11) is 1.50. The fourth-order valence-corrected chi connectivity index (χ4v) is 4.28. The molecule has 1 N–H and O–H groups in total. The van der Waals surface area contributed by atoms with E-state index in [9.17, 15) is 4.79 Å². The van der Waals surface area contributed by atoms with Crippen LogP contribution in [-0.4, -0.2) is 29.9 Å². The Morgan fingerprint density at radius 2 is 2.05 bits per heavy atom. The molecule has 2 aliphatic rings. The van der Waals surface area contributed by atoms with Crippen molar-refractivity contribution >= 4 is 17.7 Å². The highest BCUT2D eigenvalue weighted by atomic mass is 32.2. The third-order valence-corrected chi connectivity index (χ3v) is 5.43. The number of esters is 1. The maximum atomic E-state index is 12.2. The summed E-state index contributed by atoms with van der Waals surface area (Å²) in [6, 6.07) is 11.0. The van der Waals surface area contributed by atoms with Crippen molar-refractivity contribution in [2.75, 3.05) is 7.11 Å². The summed E-state index contributed by atoms with van der Waals surface area (Å²) in [5.41, 5.74) is -0.442. The number of benzene rings is 1. The molecule has 2 aliphatic carbocycles. The van der Waals surface area contributed by atoms with Gasteiger partial charge in [-0.15, -0.1) is 11.8 Å². The molecule has 1 aromatic rings. The first-order valence-electron chi connectivity index (χ1n) is 7.30. The zero-order chi connectivity index (χ0) is 14.0. The highest BCUT2D eigenvalue weighted by Gasteiger charge is 2.48. The van der Waals surface area contributed by atoms with E-state index in [2.05, 4.69) is 29.6 Å². The van der Waals surface area contributed by atoms with Gasteiger partial charge in [0.25, 0.3) is 0 Å². The maximum Gasteiger partial charge on any atom is 0.326 e. The molecule has 2 fully saturated rings. The van der Waals surface area contributed by atoms with Crippen LogP contribution < -0.4 is 5.32 Å². The molecule has 0 amide bonds. The zero-order valence-electron chi connectivity index (χ0n) is 11.8. The number of carbonyl (C=O) groups excluding carboxylic acids is 1. The molecular formula is C16H21NO2S. The van der Waals surface area contributed by atoms with Gasteiger partial charge in [-0.25, -0.2) is 0 Å². The van der Waals surface area contributed by atoms with Gasteiger partial charge < -0.3 is 4.74 Å². The van der Waals surface area contributed by atoms with Gasteiger partial charge in [0.15, 0.2) is 0 Å². The van der Waals surface area contributed by atoms with Crippen LogP contribution in [0.4, 0.5) is 0 Å². The fourth-order valence-electron chi connectivity index (χ4n) is 2.98. The van der Waals surface area contributed by atoms with Gasteiger partial charge >= 0.3 is 5.97 Å². The molecule has 2 saturated carbocycles. The van der Waals surface area contributed by atoms with E-state index in [1.807, 2.05) is 17.8 Å². The number of hydrogen-bond acceptors (Lipinski definition) is 4. The molecule has 0 heterocycles. The molecular weight excluding hydrogens is 270 g/mol. The smallest absolute Gasteiger partial charge is 0.326 e. The van der Waals surface area contributed by atoms with Crippen molar-refractivity contribution in [3.63, 3.8) is 0 Å². The Hall–Kier alpha value is -1.00. The summed E-state index contributed by atoms with van der Waals surface area (Å²) < 4.78 is 5.05. The van der Waals surface area contributed by atoms with Crippen LogP contribution in [0.25, 0.3) is 0 Å². The summed E-state index contributed by atoms with van der Waals surface area (Å²) in [4.78, 5) is 13.5. The van der Waals surface area contributed by atoms with E-state index in [4.69, 9.17) is 4.74 Å². The second-order valence-electron chi connectivity index (χ2n) is 5.79. The first-order chi connectivity index (χ1) is 9.72. The number of rotatable bonds is 5. The van der Waals surface area contributed by atoms with E-state index in [0.717, 1.165) is 19.3 Å². The minimum atomic E-state index is -0.442. The quantitative estimate of drug-likeness (QED) is 0.846. The number of ether oxygens (including phenoxy) is 1. The summed E-state index contributed by atoms with van der Waals surface area (Å²) in [5.74, 6) is -0.0828. The summed E-state index contributed by atoms with van der Waals surface area (Å²) >= 11 is 1.88. The largest absolute Gasteiger partial charge is 0.468 e. The van der Waals surface area contributed by atoms with E-state index in [-0.39, 0.29) is 5.97 Å². The van der Waals surface area contributed by atoms with Gasteiger partial charge in [-0.2, -0.15) is 0 Å². The lowest BCUT2D eigenvalue weighted by molar-refractivity contribution is -0.148. The summed E-state index contributed by atoms with van der Waals surface area (Å²) in [6.45, 7) is 0. The van der Waals surface area contributed by atoms with Gasteiger partial charge in [0, 0.05) is 16.2 Å². The predicted octanol–water partition coefficient (Wildman–Crippen LogP) is 3.00. The number of hydrogen-bond donors (Lipinski definition) is 1. The highest BCUT2D eigenvalue weighted by molar-refractivity contribution is 8.00. The molecule has 0 spiro atoms. The molecule has 4 heteroatoms. The van der Waals surface area contributed by atoms with Crippen LogP contribution in [-0.2, 0) is 9.53 Å². The third-order valence-electron chi connectivity index (χ3n) is 4.15. The predicted molar refractivity (Wildman–Crippen MR) is 80.8 cm³/mol. The average molecular weight is 291 g/mol. The van der Waals surface area contributed by atoms with Crippen molar-refractivity contribution in [1.29, 1.82) is 0 Å². The molecule has 20 heavy (non-hydrogen) atoms. The lowest BCUT2D eigenvalue weighted by atomic mass is 9.97. The Morgan fingerprint density at radius 3 is 2.70 bits per heavy atom. The number of nitrogens with one attached hydrogen (secondary N) is 1. The van der Waals surface area contributed by atoms with Crippen molar-refractivity contribution < 1.29 is 9.53 Å². The topological polar surface area (TPSA) is 38.3 Å². The Balaban J connectivity index is 1.67. The average Bonchev–Trinajstić information content (AvgIpc) is 3.19. The first-order valence-corrected chi connectivity index (χ1v) is 8.18. The van der Waals surface area contributed by atoms with Crippen molar-refractivity contribution in [2.45, 2.75) is 53.8 Å². The van der Waals surface area contributed by atoms with E-state index < -0.39 is 5.54 Å². The van der Waals surface area contributed by atoms with Crippen LogP contribution >= 0.6 is 11.8 Å². The molecule has 1 aromatic carbocycles. The van der Waals surface area contributed by atoms with Gasteiger partial charge in [-0.05, 0) is 44.2 Å². The van der Waals surface area contributed by atoms with E-state index in [0.29, 0.717) is 11.3 Å². The Morgan fingerprint density at radius 1 is 1.30 bits per heavy atom. The molecule has 108 valence electrons. The standard InChI is InChI=1S/C16H21NO2S/c1-19-15(18)16(17-12-7-8-12)10-9-14(11-16)20-13-5-3-2-4-6-13/h2-6,12,14,17H,7-11H2,1H3. The van der Waals surface area contributed by atoms with Gasteiger partial charge in [0.2, 0.25) is 0 Å². The molecule has 3 nitrogen and oxygen atoms in total. The van der Waals surface area contributed by atoms with Crippen LogP contribution in [0.1, 0.15) is 32.1 Å². The van der Waals surface area contributed by atoms with Crippen LogP contribution in [0.5, 0.6) is 0 Å². The third kappa shape index (κ3) is 3.01. The zero-order valence-corrected chi connectivity index (χ0v) is 12.6. The fraction of sp³-hybridized carbons (Fsp3) is 0.562. The SMILES string of the molecule is COC(=O)C1(NC2CC2)CCC(Sc2ccccc2)C1. The van der Waals surface area contributed by atoms with Crippen molar-refractivity contribution in [1.82, 2.24) is 5.32 Å². The molecule has 3 rings (SSSR count). The monoisotopic (exact) mass is 291 g/mol. The summed E-state index contributed by atoms with van der Waals surface area (Å²) in [6.07, 6.45) is 5.20. The van der Waals surface area contributed by atoms with E-state index in [1.165, 1.54) is 24.8 Å².